The summed E-state index contributed by atoms with van der Waals surface area (Å²) in [6, 6.07) is 0. The van der Waals surface area contributed by atoms with Gasteiger partial charge in [0.05, 0.1) is 30.1 Å². The van der Waals surface area contributed by atoms with Crippen LogP contribution < -0.4 is 10.6 Å². The molecule has 3 fully saturated rings. The van der Waals surface area contributed by atoms with Gasteiger partial charge in [-0.3, -0.25) is 14.9 Å². The Morgan fingerprint density at radius 2 is 1.90 bits per heavy atom. The number of ether oxygens (including phenoxy) is 1. The van der Waals surface area contributed by atoms with Gasteiger partial charge in [0.1, 0.15) is 0 Å². The largest absolute Gasteiger partial charge is 0.450 e. The van der Waals surface area contributed by atoms with Gasteiger partial charge < -0.3 is 10.1 Å². The van der Waals surface area contributed by atoms with E-state index in [-0.39, 0.29) is 35.0 Å². The summed E-state index contributed by atoms with van der Waals surface area (Å²) in [7, 11) is -3.22. The number of nitrogens with zero attached hydrogens (tertiary/aromatic N) is 1. The molecule has 12 heteroatoms. The molecule has 0 aromatic carbocycles. The van der Waals surface area contributed by atoms with Gasteiger partial charge in [-0.15, -0.1) is 11.8 Å². The van der Waals surface area contributed by atoms with Crippen molar-refractivity contribution < 1.29 is 27.5 Å². The highest BCUT2D eigenvalue weighted by molar-refractivity contribution is 8.00. The molecule has 3 aliphatic rings. The minimum absolute atomic E-state index is 0.0915. The van der Waals surface area contributed by atoms with Crippen LogP contribution in [-0.2, 0) is 24.3 Å². The molecule has 29 heavy (non-hydrogen) atoms. The molecule has 0 aromatic rings. The van der Waals surface area contributed by atoms with Gasteiger partial charge in [-0.05, 0) is 31.4 Å². The van der Waals surface area contributed by atoms with Gasteiger partial charge in [-0.1, -0.05) is 0 Å². The van der Waals surface area contributed by atoms with E-state index < -0.39 is 27.9 Å². The van der Waals surface area contributed by atoms with E-state index in [4.69, 9.17) is 4.74 Å². The van der Waals surface area contributed by atoms with Gasteiger partial charge in [0.2, 0.25) is 21.8 Å². The topological polar surface area (TPSA) is 122 Å². The second kappa shape index (κ2) is 9.44. The Bertz CT molecular complexity index is 762. The number of carbonyl (C=O) groups excluding carboxylic acids is 3. The fourth-order valence-corrected chi connectivity index (χ4v) is 8.08. The number of sulfonamides is 1. The molecule has 3 saturated heterocycles. The number of nitrogens with one attached hydrogen (secondary N) is 2. The van der Waals surface area contributed by atoms with E-state index in [0.717, 1.165) is 5.75 Å². The van der Waals surface area contributed by atoms with Gasteiger partial charge >= 0.3 is 6.09 Å². The number of hydrogen-bond donors (Lipinski definition) is 2. The first kappa shape index (κ1) is 22.7. The monoisotopic (exact) mass is 465 g/mol. The van der Waals surface area contributed by atoms with Crippen LogP contribution in [0.3, 0.4) is 0 Å². The number of imide groups is 1. The van der Waals surface area contributed by atoms with Crippen molar-refractivity contribution in [3.8, 4) is 0 Å². The zero-order valence-electron chi connectivity index (χ0n) is 16.5. The van der Waals surface area contributed by atoms with Crippen LogP contribution in [0.5, 0.6) is 0 Å². The summed E-state index contributed by atoms with van der Waals surface area (Å²) in [4.78, 5) is 36.8. The van der Waals surface area contributed by atoms with Crippen molar-refractivity contribution >= 4 is 51.5 Å². The number of hydrogen-bond acceptors (Lipinski definition) is 8. The molecule has 0 bridgehead atoms. The van der Waals surface area contributed by atoms with Crippen molar-refractivity contribution in [3.63, 3.8) is 0 Å². The van der Waals surface area contributed by atoms with E-state index in [1.165, 1.54) is 22.3 Å². The first-order valence-electron chi connectivity index (χ1n) is 9.67. The van der Waals surface area contributed by atoms with Crippen LogP contribution in [0.2, 0.25) is 0 Å². The molecule has 3 rings (SSSR count). The van der Waals surface area contributed by atoms with Crippen molar-refractivity contribution in [3.05, 3.63) is 0 Å². The number of rotatable bonds is 5. The molecule has 9 nitrogen and oxygen atoms in total. The van der Waals surface area contributed by atoms with E-state index in [9.17, 15) is 22.8 Å². The highest BCUT2D eigenvalue weighted by Crippen LogP contribution is 2.43. The van der Waals surface area contributed by atoms with E-state index >= 15 is 0 Å². The molecule has 164 valence electrons. The van der Waals surface area contributed by atoms with Crippen molar-refractivity contribution in [2.45, 2.75) is 30.4 Å². The first-order valence-corrected chi connectivity index (χ1v) is 13.6. The molecule has 0 spiro atoms. The van der Waals surface area contributed by atoms with Gasteiger partial charge in [0, 0.05) is 24.1 Å². The molecule has 0 radical (unpaired) electrons. The van der Waals surface area contributed by atoms with E-state index in [1.807, 2.05) is 0 Å². The molecule has 3 heterocycles. The summed E-state index contributed by atoms with van der Waals surface area (Å²) in [5.41, 5.74) is 0. The predicted molar refractivity (Wildman–Crippen MR) is 112 cm³/mol. The van der Waals surface area contributed by atoms with Crippen molar-refractivity contribution in [2.75, 3.05) is 37.5 Å². The van der Waals surface area contributed by atoms with E-state index in [1.54, 1.807) is 18.7 Å². The van der Waals surface area contributed by atoms with Crippen molar-refractivity contribution in [1.82, 2.24) is 14.9 Å². The van der Waals surface area contributed by atoms with E-state index in [0.29, 0.717) is 31.7 Å². The molecular weight excluding hydrogens is 438 g/mol. The summed E-state index contributed by atoms with van der Waals surface area (Å²) in [5.74, 6) is 0.310. The Hall–Kier alpha value is -0.980. The molecule has 3 aliphatic heterocycles. The van der Waals surface area contributed by atoms with Crippen LogP contribution in [0.15, 0.2) is 0 Å². The van der Waals surface area contributed by atoms with Gasteiger partial charge in [0.15, 0.2) is 0 Å². The second-order valence-corrected chi connectivity index (χ2v) is 12.0. The highest BCUT2D eigenvalue weighted by atomic mass is 32.2. The number of thioether (sulfide) groups is 2. The summed E-state index contributed by atoms with van der Waals surface area (Å²) in [6.45, 7) is 2.72. The summed E-state index contributed by atoms with van der Waals surface area (Å²) >= 11 is 3.15. The Morgan fingerprint density at radius 1 is 1.14 bits per heavy atom. The SMILES string of the molecule is CCOC(=O)NC(=O)C1CCSC1NC(=O)C1CSC2CN(S(C)(=O)=O)CCC21. The minimum atomic E-state index is -3.22. The molecular formula is C17H27N3O6S3. The fraction of sp³-hybridized carbons (Fsp3) is 0.824. The molecule has 2 N–H and O–H groups in total. The minimum Gasteiger partial charge on any atom is -0.450 e. The normalized spacial score (nSPS) is 32.4. The Balaban J connectivity index is 1.56. The van der Waals surface area contributed by atoms with Crippen LogP contribution in [0.4, 0.5) is 4.79 Å². The quantitative estimate of drug-likeness (QED) is 0.601. The average Bonchev–Trinajstić information content (AvgIpc) is 3.27. The molecule has 3 amide bonds. The third kappa shape index (κ3) is 5.39. The lowest BCUT2D eigenvalue weighted by atomic mass is 9.85. The first-order chi connectivity index (χ1) is 13.7. The Kier molecular flexibility index (Phi) is 7.39. The zero-order chi connectivity index (χ0) is 21.2. The number of amides is 3. The van der Waals surface area contributed by atoms with Crippen molar-refractivity contribution in [2.24, 2.45) is 17.8 Å². The number of alkyl carbamates (subject to hydrolysis) is 1. The van der Waals surface area contributed by atoms with Crippen LogP contribution in [0.25, 0.3) is 0 Å². The highest BCUT2D eigenvalue weighted by Gasteiger charge is 2.46. The third-order valence-corrected chi connectivity index (χ3v) is 9.62. The number of piperidine rings is 1. The maximum atomic E-state index is 12.9. The maximum Gasteiger partial charge on any atom is 0.413 e. The summed E-state index contributed by atoms with van der Waals surface area (Å²) in [5, 5.41) is 4.97. The lowest BCUT2D eigenvalue weighted by Gasteiger charge is -2.34. The molecule has 5 unspecified atom stereocenters. The maximum absolute atomic E-state index is 12.9. The van der Waals surface area contributed by atoms with Gasteiger partial charge in [-0.2, -0.15) is 11.8 Å². The lowest BCUT2D eigenvalue weighted by Crippen LogP contribution is -2.49. The molecule has 0 saturated carbocycles. The van der Waals surface area contributed by atoms with Crippen LogP contribution in [0.1, 0.15) is 19.8 Å². The van der Waals surface area contributed by atoms with Crippen LogP contribution >= 0.6 is 23.5 Å². The lowest BCUT2D eigenvalue weighted by molar-refractivity contribution is -0.127. The van der Waals surface area contributed by atoms with Gasteiger partial charge in [-0.25, -0.2) is 17.5 Å². The second-order valence-electron chi connectivity index (χ2n) is 7.46. The molecule has 5 atom stereocenters. The summed E-state index contributed by atoms with van der Waals surface area (Å²) < 4.78 is 29.8. The fourth-order valence-electron chi connectivity index (χ4n) is 4.07. The summed E-state index contributed by atoms with van der Waals surface area (Å²) in [6.07, 6.45) is 1.69. The number of fused-ring (bicyclic) bond motifs is 1. The third-order valence-electron chi connectivity index (χ3n) is 5.60. The zero-order valence-corrected chi connectivity index (χ0v) is 18.9. The average molecular weight is 466 g/mol. The molecule has 0 aromatic heterocycles. The van der Waals surface area contributed by atoms with Gasteiger partial charge in [0.25, 0.3) is 0 Å². The van der Waals surface area contributed by atoms with E-state index in [2.05, 4.69) is 10.6 Å². The Labute approximate surface area is 179 Å². The number of carbonyl (C=O) groups is 3. The Morgan fingerprint density at radius 3 is 2.59 bits per heavy atom. The van der Waals surface area contributed by atoms with Crippen LogP contribution in [0, 0.1) is 17.8 Å². The smallest absolute Gasteiger partial charge is 0.413 e. The standard InChI is InChI=1S/C17H27N3O6S3/c1-3-26-17(23)19-14(21)11-5-7-27-16(11)18-15(22)12-9-28-13-8-20(29(2,24)25)6-4-10(12)13/h10-13,16H,3-9H2,1-2H3,(H,18,22)(H,19,21,23). The molecule has 0 aliphatic carbocycles. The predicted octanol–water partition coefficient (Wildman–Crippen LogP) is 0.468. The van der Waals surface area contributed by atoms with Crippen LogP contribution in [-0.4, -0.2) is 78.7 Å². The van der Waals surface area contributed by atoms with Crippen molar-refractivity contribution in [1.29, 1.82) is 0 Å².